The minimum Gasteiger partial charge on any atom is -0.462 e. The Morgan fingerprint density at radius 2 is 0.579 bits per heavy atom. The molecule has 95 heavy (non-hydrogen) atoms. The fraction of sp³-hybridized carbons (Fsp3) is 0.788. The molecule has 0 fully saturated rings. The van der Waals surface area contributed by atoms with Crippen molar-refractivity contribution >= 4 is 19.8 Å². The number of allylic oxidation sites excluding steroid dienone is 16. The molecule has 0 saturated heterocycles. The number of phosphoric acid groups is 1. The molecule has 0 radical (unpaired) electrons. The van der Waals surface area contributed by atoms with E-state index in [0.29, 0.717) is 6.42 Å². The summed E-state index contributed by atoms with van der Waals surface area (Å²) in [5.74, 6) is -0.811. The number of carbonyl (C=O) groups is 2. The van der Waals surface area contributed by atoms with E-state index in [-0.39, 0.29) is 38.6 Å². The first-order chi connectivity index (χ1) is 46.8. The molecule has 0 bridgehead atoms. The summed E-state index contributed by atoms with van der Waals surface area (Å²) < 4.78 is 33.3. The number of nitrogens with two attached hydrogens (primary N) is 1. The van der Waals surface area contributed by atoms with Crippen LogP contribution in [0.5, 0.6) is 0 Å². The second kappa shape index (κ2) is 79.9. The quantitative estimate of drug-likeness (QED) is 0.0264. The summed E-state index contributed by atoms with van der Waals surface area (Å²) in [7, 11) is -4.40. The van der Waals surface area contributed by atoms with E-state index in [1.807, 2.05) is 0 Å². The summed E-state index contributed by atoms with van der Waals surface area (Å²) in [6.07, 6.45) is 110. The Bertz CT molecular complexity index is 1890. The average molecular weight is 1350 g/mol. The largest absolute Gasteiger partial charge is 0.472 e. The number of phosphoric ester groups is 1. The van der Waals surface area contributed by atoms with Gasteiger partial charge in [-0.05, 0) is 96.3 Å². The molecule has 0 aromatic heterocycles. The van der Waals surface area contributed by atoms with Crippen molar-refractivity contribution in [3.05, 3.63) is 97.2 Å². The molecule has 3 N–H and O–H groups in total. The molecule has 10 heteroatoms. The first-order valence-corrected chi connectivity index (χ1v) is 42.2. The Balaban J connectivity index is 3.79. The second-order valence-electron chi connectivity index (χ2n) is 27.3. The SMILES string of the molecule is CC/C=C\C/C=C\C/C=C\C/C=C\C/C=C\C/C=C\C/C=C\CCCCCCCCCCCCCCCCCC(=O)OC(COC(=O)CCCCCCCCCCCCCCCCCCCCCCCCCCC/C=C\CCCCCCCCCC)COP(=O)(O)OCCN. The Hall–Kier alpha value is -3.07. The Morgan fingerprint density at radius 1 is 0.326 bits per heavy atom. The highest BCUT2D eigenvalue weighted by Crippen LogP contribution is 2.43. The summed E-state index contributed by atoms with van der Waals surface area (Å²) in [5.41, 5.74) is 5.42. The summed E-state index contributed by atoms with van der Waals surface area (Å²) >= 11 is 0. The average Bonchev–Trinajstić information content (AvgIpc) is 2.64. The van der Waals surface area contributed by atoms with Crippen molar-refractivity contribution in [2.24, 2.45) is 5.73 Å². The van der Waals surface area contributed by atoms with Crippen molar-refractivity contribution in [1.82, 2.24) is 0 Å². The van der Waals surface area contributed by atoms with Gasteiger partial charge in [0.15, 0.2) is 6.10 Å². The van der Waals surface area contributed by atoms with Gasteiger partial charge in [-0.2, -0.15) is 0 Å². The number of hydrogen-bond donors (Lipinski definition) is 2. The van der Waals surface area contributed by atoms with E-state index in [4.69, 9.17) is 24.3 Å². The predicted octanol–water partition coefficient (Wildman–Crippen LogP) is 27.4. The molecule has 552 valence electrons. The molecule has 0 aliphatic carbocycles. The Kier molecular flexibility index (Phi) is 77.3. The van der Waals surface area contributed by atoms with E-state index in [9.17, 15) is 19.0 Å². The minimum absolute atomic E-state index is 0.0526. The molecule has 9 nitrogen and oxygen atoms in total. The van der Waals surface area contributed by atoms with Crippen LogP contribution in [-0.2, 0) is 32.7 Å². The van der Waals surface area contributed by atoms with Gasteiger partial charge >= 0.3 is 19.8 Å². The topological polar surface area (TPSA) is 134 Å². The van der Waals surface area contributed by atoms with Crippen LogP contribution in [0.3, 0.4) is 0 Å². The van der Waals surface area contributed by atoms with Crippen molar-refractivity contribution in [2.75, 3.05) is 26.4 Å². The lowest BCUT2D eigenvalue weighted by Gasteiger charge is -2.19. The number of unbranched alkanes of at least 4 members (excludes halogenated alkanes) is 48. The molecule has 0 heterocycles. The van der Waals surface area contributed by atoms with Crippen LogP contribution in [0.2, 0.25) is 0 Å². The lowest BCUT2D eigenvalue weighted by molar-refractivity contribution is -0.161. The number of ether oxygens (including phenoxy) is 2. The van der Waals surface area contributed by atoms with Crippen LogP contribution in [0.4, 0.5) is 0 Å². The molecule has 0 rings (SSSR count). The van der Waals surface area contributed by atoms with Gasteiger partial charge in [0.25, 0.3) is 0 Å². The second-order valence-corrected chi connectivity index (χ2v) is 28.7. The van der Waals surface area contributed by atoms with Crippen molar-refractivity contribution in [1.29, 1.82) is 0 Å². The molecule has 0 aliphatic rings. The minimum atomic E-state index is -4.40. The van der Waals surface area contributed by atoms with E-state index in [2.05, 4.69) is 111 Å². The zero-order valence-electron chi connectivity index (χ0n) is 62.4. The summed E-state index contributed by atoms with van der Waals surface area (Å²) in [4.78, 5) is 35.5. The highest BCUT2D eigenvalue weighted by molar-refractivity contribution is 7.47. The van der Waals surface area contributed by atoms with Gasteiger partial charge in [0, 0.05) is 19.4 Å². The van der Waals surface area contributed by atoms with E-state index in [1.54, 1.807) is 0 Å². The van der Waals surface area contributed by atoms with Crippen LogP contribution in [0.15, 0.2) is 97.2 Å². The van der Waals surface area contributed by atoms with E-state index < -0.39 is 26.5 Å². The lowest BCUT2D eigenvalue weighted by Crippen LogP contribution is -2.29. The van der Waals surface area contributed by atoms with Gasteiger partial charge < -0.3 is 20.1 Å². The normalized spacial score (nSPS) is 13.3. The maximum atomic E-state index is 12.8. The molecule has 0 saturated carbocycles. The summed E-state index contributed by atoms with van der Waals surface area (Å²) in [6, 6.07) is 0. The smallest absolute Gasteiger partial charge is 0.462 e. The monoisotopic (exact) mass is 1350 g/mol. The van der Waals surface area contributed by atoms with Gasteiger partial charge in [-0.15, -0.1) is 0 Å². The molecule has 0 aromatic rings. The summed E-state index contributed by atoms with van der Waals surface area (Å²) in [6.45, 7) is 3.69. The van der Waals surface area contributed by atoms with Gasteiger partial charge in [-0.25, -0.2) is 4.57 Å². The maximum absolute atomic E-state index is 12.8. The Morgan fingerprint density at radius 3 is 0.874 bits per heavy atom. The van der Waals surface area contributed by atoms with Gasteiger partial charge in [0.2, 0.25) is 0 Å². The standard InChI is InChI=1S/C85H154NO8P/c1-3-5-7-9-11-13-15-17-19-21-23-25-27-29-31-33-35-37-39-41-43-45-47-49-51-53-55-57-59-61-63-65-67-69-71-73-75-77-84(87)91-81-83(82-93-95(89,90)92-80-79-86)94-85(88)78-76-74-72-70-68-66-64-62-60-58-56-54-52-50-48-46-44-42-40-38-36-34-32-30-28-26-24-22-20-18-16-14-12-10-8-6-4-2/h6,8,12,14,18,20-21,23-24,26,30,32,36,38,42,44,83H,3-5,7,9-11,13,15-17,19,22,25,27-29,31,33-35,37,39-41,43,45-82,86H2,1-2H3,(H,89,90)/b8-6-,14-12-,20-18-,23-21-,26-24-,32-30-,38-36-,44-42-. The highest BCUT2D eigenvalue weighted by Gasteiger charge is 2.26. The fourth-order valence-corrected chi connectivity index (χ4v) is 12.7. The molecular weight excluding hydrogens is 1190 g/mol. The highest BCUT2D eigenvalue weighted by atomic mass is 31.2. The zero-order chi connectivity index (χ0) is 68.6. The molecule has 0 aromatic carbocycles. The van der Waals surface area contributed by atoms with Crippen molar-refractivity contribution in [3.63, 3.8) is 0 Å². The lowest BCUT2D eigenvalue weighted by atomic mass is 10.0. The summed E-state index contributed by atoms with van der Waals surface area (Å²) in [5, 5.41) is 0. The maximum Gasteiger partial charge on any atom is 0.472 e. The van der Waals surface area contributed by atoms with Crippen LogP contribution in [-0.4, -0.2) is 49.3 Å². The van der Waals surface area contributed by atoms with Crippen LogP contribution in [0.25, 0.3) is 0 Å². The molecule has 2 unspecified atom stereocenters. The number of esters is 2. The van der Waals surface area contributed by atoms with Crippen LogP contribution in [0, 0.1) is 0 Å². The number of hydrogen-bond acceptors (Lipinski definition) is 8. The fourth-order valence-electron chi connectivity index (χ4n) is 12.0. The predicted molar refractivity (Wildman–Crippen MR) is 413 cm³/mol. The molecule has 0 amide bonds. The third-order valence-corrected chi connectivity index (χ3v) is 18.9. The van der Waals surface area contributed by atoms with Gasteiger partial charge in [0.1, 0.15) is 6.61 Å². The van der Waals surface area contributed by atoms with Crippen molar-refractivity contribution in [2.45, 2.75) is 405 Å². The first-order valence-electron chi connectivity index (χ1n) is 40.7. The number of carbonyl (C=O) groups excluding carboxylic acids is 2. The van der Waals surface area contributed by atoms with E-state index >= 15 is 0 Å². The van der Waals surface area contributed by atoms with Gasteiger partial charge in [-0.1, -0.05) is 387 Å². The van der Waals surface area contributed by atoms with Crippen LogP contribution in [0.1, 0.15) is 399 Å². The molecule has 0 aliphatic heterocycles. The Labute approximate surface area is 588 Å². The van der Waals surface area contributed by atoms with E-state index in [1.165, 1.54) is 283 Å². The zero-order valence-corrected chi connectivity index (χ0v) is 63.3. The first kappa shape index (κ1) is 91.9. The van der Waals surface area contributed by atoms with Crippen molar-refractivity contribution in [3.8, 4) is 0 Å². The molecular formula is C85H154NO8P. The van der Waals surface area contributed by atoms with Crippen LogP contribution < -0.4 is 5.73 Å². The third kappa shape index (κ3) is 79.8. The van der Waals surface area contributed by atoms with Crippen LogP contribution >= 0.6 is 7.82 Å². The van der Waals surface area contributed by atoms with Crippen molar-refractivity contribution < 1.29 is 37.6 Å². The van der Waals surface area contributed by atoms with Gasteiger partial charge in [-0.3, -0.25) is 18.6 Å². The molecule has 0 spiro atoms. The van der Waals surface area contributed by atoms with E-state index in [0.717, 1.165) is 83.5 Å². The third-order valence-electron chi connectivity index (χ3n) is 18.0. The molecule has 2 atom stereocenters. The number of rotatable bonds is 77. The van der Waals surface area contributed by atoms with Gasteiger partial charge in [0.05, 0.1) is 13.2 Å².